The third kappa shape index (κ3) is 4.70. The monoisotopic (exact) mass is 405 g/mol. The van der Waals surface area contributed by atoms with Crippen molar-refractivity contribution in [3.05, 3.63) is 84.4 Å². The Morgan fingerprint density at radius 1 is 0.931 bits per heavy atom. The highest BCUT2D eigenvalue weighted by atomic mass is 32.2. The van der Waals surface area contributed by atoms with Crippen molar-refractivity contribution in [2.75, 3.05) is 11.1 Å². The Balaban J connectivity index is 1.46. The molecule has 0 aliphatic heterocycles. The van der Waals surface area contributed by atoms with Crippen molar-refractivity contribution in [2.24, 2.45) is 0 Å². The molecule has 4 rings (SSSR count). The molecular formula is C22H19N3O3S. The van der Waals surface area contributed by atoms with Crippen LogP contribution in [-0.2, 0) is 20.4 Å². The maximum Gasteiger partial charge on any atom is 0.239 e. The number of hydrogen-bond acceptors (Lipinski definition) is 4. The maximum absolute atomic E-state index is 12.3. The van der Waals surface area contributed by atoms with E-state index in [4.69, 9.17) is 0 Å². The molecule has 3 aromatic carbocycles. The van der Waals surface area contributed by atoms with Crippen LogP contribution in [0.2, 0.25) is 0 Å². The Labute approximate surface area is 168 Å². The molecule has 7 heteroatoms. The summed E-state index contributed by atoms with van der Waals surface area (Å²) in [5.41, 5.74) is 3.74. The van der Waals surface area contributed by atoms with E-state index in [9.17, 15) is 13.2 Å². The standard InChI is InChI=1S/C22H19N3O3S/c26-21(15-29(27,28)14-16-7-2-1-3-8-16)23-18-10-6-9-17(13-18)22-24-19-11-4-5-12-20(19)25-22/h1-13H,14-15H2,(H,23,26)(H,24,25). The number of amides is 1. The van der Waals surface area contributed by atoms with Gasteiger partial charge in [-0.2, -0.15) is 0 Å². The molecule has 0 spiro atoms. The molecule has 146 valence electrons. The van der Waals surface area contributed by atoms with E-state index in [1.807, 2.05) is 36.4 Å². The summed E-state index contributed by atoms with van der Waals surface area (Å²) in [6.45, 7) is 0. The van der Waals surface area contributed by atoms with Gasteiger partial charge in [-0.25, -0.2) is 13.4 Å². The normalized spacial score (nSPS) is 11.4. The molecule has 0 atom stereocenters. The van der Waals surface area contributed by atoms with Crippen molar-refractivity contribution in [3.8, 4) is 11.4 Å². The first-order chi connectivity index (χ1) is 14.0. The number of anilines is 1. The number of para-hydroxylation sites is 2. The fourth-order valence-electron chi connectivity index (χ4n) is 3.11. The second kappa shape index (κ2) is 7.89. The van der Waals surface area contributed by atoms with Gasteiger partial charge >= 0.3 is 0 Å². The van der Waals surface area contributed by atoms with Gasteiger partial charge in [-0.15, -0.1) is 0 Å². The number of fused-ring (bicyclic) bond motifs is 1. The number of carbonyl (C=O) groups is 1. The molecule has 29 heavy (non-hydrogen) atoms. The average Bonchev–Trinajstić information content (AvgIpc) is 3.12. The minimum atomic E-state index is -3.56. The van der Waals surface area contributed by atoms with E-state index in [1.165, 1.54) is 0 Å². The van der Waals surface area contributed by atoms with Crippen LogP contribution in [0.1, 0.15) is 5.56 Å². The smallest absolute Gasteiger partial charge is 0.239 e. The molecule has 0 unspecified atom stereocenters. The van der Waals surface area contributed by atoms with Gasteiger partial charge in [-0.05, 0) is 29.8 Å². The molecule has 1 heterocycles. The zero-order valence-electron chi connectivity index (χ0n) is 15.5. The van der Waals surface area contributed by atoms with Crippen LogP contribution < -0.4 is 5.32 Å². The zero-order chi connectivity index (χ0) is 20.3. The van der Waals surface area contributed by atoms with Crippen molar-refractivity contribution in [1.29, 1.82) is 0 Å². The van der Waals surface area contributed by atoms with Crippen LogP contribution in [-0.4, -0.2) is 30.0 Å². The van der Waals surface area contributed by atoms with Crippen LogP contribution in [0.25, 0.3) is 22.4 Å². The van der Waals surface area contributed by atoms with Crippen LogP contribution in [0.4, 0.5) is 5.69 Å². The van der Waals surface area contributed by atoms with Crippen LogP contribution in [0.15, 0.2) is 78.9 Å². The highest BCUT2D eigenvalue weighted by molar-refractivity contribution is 7.91. The molecule has 0 fully saturated rings. The molecule has 1 aromatic heterocycles. The van der Waals surface area contributed by atoms with E-state index in [0.29, 0.717) is 17.1 Å². The van der Waals surface area contributed by atoms with Gasteiger partial charge in [0.15, 0.2) is 9.84 Å². The van der Waals surface area contributed by atoms with E-state index in [2.05, 4.69) is 15.3 Å². The number of sulfone groups is 1. The fourth-order valence-corrected chi connectivity index (χ4v) is 4.38. The van der Waals surface area contributed by atoms with Crippen LogP contribution in [0.5, 0.6) is 0 Å². The quantitative estimate of drug-likeness (QED) is 0.511. The molecule has 2 N–H and O–H groups in total. The lowest BCUT2D eigenvalue weighted by atomic mass is 10.2. The Morgan fingerprint density at radius 2 is 1.69 bits per heavy atom. The molecule has 0 aliphatic rings. The third-order valence-corrected chi connectivity index (χ3v) is 5.86. The lowest BCUT2D eigenvalue weighted by molar-refractivity contribution is -0.113. The van der Waals surface area contributed by atoms with Crippen molar-refractivity contribution in [3.63, 3.8) is 0 Å². The van der Waals surface area contributed by atoms with Crippen molar-refractivity contribution in [1.82, 2.24) is 9.97 Å². The number of aromatic nitrogens is 2. The van der Waals surface area contributed by atoms with E-state index in [0.717, 1.165) is 16.6 Å². The number of aromatic amines is 1. The third-order valence-electron chi connectivity index (χ3n) is 4.39. The molecule has 4 aromatic rings. The highest BCUT2D eigenvalue weighted by Gasteiger charge is 2.18. The number of H-pyrrole nitrogens is 1. The number of hydrogen-bond donors (Lipinski definition) is 2. The first kappa shape index (κ1) is 18.9. The summed E-state index contributed by atoms with van der Waals surface area (Å²) < 4.78 is 24.6. The molecule has 6 nitrogen and oxygen atoms in total. The molecular weight excluding hydrogens is 386 g/mol. The van der Waals surface area contributed by atoms with Gasteiger partial charge in [0.1, 0.15) is 11.6 Å². The number of nitrogens with one attached hydrogen (secondary N) is 2. The van der Waals surface area contributed by atoms with Gasteiger partial charge in [0.2, 0.25) is 5.91 Å². The summed E-state index contributed by atoms with van der Waals surface area (Å²) in [6, 6.07) is 23.7. The Bertz CT molecular complexity index is 1230. The van der Waals surface area contributed by atoms with Crippen LogP contribution >= 0.6 is 0 Å². The molecule has 0 bridgehead atoms. The second-order valence-electron chi connectivity index (χ2n) is 6.75. The summed E-state index contributed by atoms with van der Waals surface area (Å²) in [5.74, 6) is -0.626. The topological polar surface area (TPSA) is 91.9 Å². The minimum absolute atomic E-state index is 0.166. The van der Waals surface area contributed by atoms with Crippen molar-refractivity contribution >= 4 is 32.5 Å². The Morgan fingerprint density at radius 3 is 2.48 bits per heavy atom. The Kier molecular flexibility index (Phi) is 5.14. The highest BCUT2D eigenvalue weighted by Crippen LogP contribution is 2.23. The van der Waals surface area contributed by atoms with Gasteiger partial charge < -0.3 is 10.3 Å². The van der Waals surface area contributed by atoms with Crippen LogP contribution in [0, 0.1) is 0 Å². The van der Waals surface area contributed by atoms with Gasteiger partial charge in [0.05, 0.1) is 16.8 Å². The van der Waals surface area contributed by atoms with E-state index < -0.39 is 21.5 Å². The van der Waals surface area contributed by atoms with Gasteiger partial charge in [0.25, 0.3) is 0 Å². The van der Waals surface area contributed by atoms with E-state index >= 15 is 0 Å². The predicted molar refractivity (Wildman–Crippen MR) is 114 cm³/mol. The van der Waals surface area contributed by atoms with Crippen molar-refractivity contribution < 1.29 is 13.2 Å². The first-order valence-electron chi connectivity index (χ1n) is 9.08. The predicted octanol–water partition coefficient (Wildman–Crippen LogP) is 3.78. The zero-order valence-corrected chi connectivity index (χ0v) is 16.3. The first-order valence-corrected chi connectivity index (χ1v) is 10.9. The van der Waals surface area contributed by atoms with Crippen LogP contribution in [0.3, 0.4) is 0 Å². The maximum atomic E-state index is 12.3. The summed E-state index contributed by atoms with van der Waals surface area (Å²) >= 11 is 0. The summed E-state index contributed by atoms with van der Waals surface area (Å²) in [6.07, 6.45) is 0. The number of imidazole rings is 1. The molecule has 0 radical (unpaired) electrons. The lowest BCUT2D eigenvalue weighted by Crippen LogP contribution is -2.23. The number of rotatable bonds is 6. The second-order valence-corrected chi connectivity index (χ2v) is 8.81. The minimum Gasteiger partial charge on any atom is -0.338 e. The average molecular weight is 405 g/mol. The number of nitrogens with zero attached hydrogens (tertiary/aromatic N) is 1. The van der Waals surface area contributed by atoms with Gasteiger partial charge in [-0.1, -0.05) is 54.6 Å². The largest absolute Gasteiger partial charge is 0.338 e. The summed E-state index contributed by atoms with van der Waals surface area (Å²) in [7, 11) is -3.56. The van der Waals surface area contributed by atoms with E-state index in [-0.39, 0.29) is 5.75 Å². The molecule has 0 saturated heterocycles. The number of carbonyl (C=O) groups excluding carboxylic acids is 1. The molecule has 0 aliphatic carbocycles. The van der Waals surface area contributed by atoms with Gasteiger partial charge in [-0.3, -0.25) is 4.79 Å². The fraction of sp³-hybridized carbons (Fsp3) is 0.0909. The van der Waals surface area contributed by atoms with Crippen molar-refractivity contribution in [2.45, 2.75) is 5.75 Å². The van der Waals surface area contributed by atoms with Gasteiger partial charge in [0, 0.05) is 11.3 Å². The molecule has 0 saturated carbocycles. The number of benzene rings is 3. The SMILES string of the molecule is O=C(CS(=O)(=O)Cc1ccccc1)Nc1cccc(-c2nc3ccccc3[nH]2)c1. The lowest BCUT2D eigenvalue weighted by Gasteiger charge is -2.08. The molecule has 1 amide bonds. The van der Waals surface area contributed by atoms with E-state index in [1.54, 1.807) is 42.5 Å². The summed E-state index contributed by atoms with van der Waals surface area (Å²) in [4.78, 5) is 20.1. The Hall–Kier alpha value is -3.45. The summed E-state index contributed by atoms with van der Waals surface area (Å²) in [5, 5.41) is 2.67.